The number of guanidine groups is 1. The fraction of sp³-hybridized carbons (Fsp3) is 0.600. The maximum absolute atomic E-state index is 6.07. The lowest BCUT2D eigenvalue weighted by Crippen LogP contribution is -2.38. The molecule has 2 heterocycles. The van der Waals surface area contributed by atoms with Gasteiger partial charge in [0, 0.05) is 37.8 Å². The van der Waals surface area contributed by atoms with Crippen molar-refractivity contribution in [1.82, 2.24) is 9.88 Å². The molecule has 2 rings (SSSR count). The van der Waals surface area contributed by atoms with E-state index in [1.54, 1.807) is 7.11 Å². The minimum absolute atomic E-state index is 0. The summed E-state index contributed by atoms with van der Waals surface area (Å²) < 4.78 is 5.11. The van der Waals surface area contributed by atoms with Crippen LogP contribution in [-0.4, -0.2) is 42.6 Å². The number of hydrogen-bond acceptors (Lipinski definition) is 3. The van der Waals surface area contributed by atoms with Crippen molar-refractivity contribution in [3.8, 4) is 5.88 Å². The third-order valence-corrected chi connectivity index (χ3v) is 3.56. The molecule has 6 heteroatoms. The summed E-state index contributed by atoms with van der Waals surface area (Å²) in [5.41, 5.74) is 7.05. The Bertz CT molecular complexity index is 445. The highest BCUT2D eigenvalue weighted by Gasteiger charge is 2.10. The predicted octanol–water partition coefficient (Wildman–Crippen LogP) is 2.44. The molecule has 2 N–H and O–H groups in total. The van der Waals surface area contributed by atoms with Crippen LogP contribution in [0.25, 0.3) is 0 Å². The van der Waals surface area contributed by atoms with Gasteiger partial charge in [0.1, 0.15) is 0 Å². The Hall–Kier alpha value is -1.05. The Balaban J connectivity index is 0.00000220. The molecule has 1 aliphatic heterocycles. The number of likely N-dealkylation sites (tertiary alicyclic amines) is 1. The lowest BCUT2D eigenvalue weighted by molar-refractivity contribution is 0.396. The van der Waals surface area contributed by atoms with Gasteiger partial charge in [0.15, 0.2) is 5.96 Å². The summed E-state index contributed by atoms with van der Waals surface area (Å²) in [6.07, 6.45) is 5.82. The van der Waals surface area contributed by atoms with E-state index in [2.05, 4.69) is 14.9 Å². The average molecular weight is 404 g/mol. The van der Waals surface area contributed by atoms with Crippen molar-refractivity contribution in [2.24, 2.45) is 10.7 Å². The van der Waals surface area contributed by atoms with Crippen LogP contribution >= 0.6 is 24.0 Å². The Labute approximate surface area is 144 Å². The fourth-order valence-electron chi connectivity index (χ4n) is 2.40. The number of nitrogens with zero attached hydrogens (tertiary/aromatic N) is 3. The Morgan fingerprint density at radius 3 is 2.67 bits per heavy atom. The molecule has 1 fully saturated rings. The van der Waals surface area contributed by atoms with Gasteiger partial charge in [-0.1, -0.05) is 18.9 Å². The van der Waals surface area contributed by atoms with Crippen LogP contribution in [0.15, 0.2) is 23.2 Å². The van der Waals surface area contributed by atoms with Gasteiger partial charge in [-0.25, -0.2) is 4.98 Å². The predicted molar refractivity (Wildman–Crippen MR) is 96.4 cm³/mol. The van der Waals surface area contributed by atoms with Gasteiger partial charge in [-0.15, -0.1) is 24.0 Å². The molecule has 21 heavy (non-hydrogen) atoms. The van der Waals surface area contributed by atoms with Crippen molar-refractivity contribution in [2.75, 3.05) is 26.7 Å². The van der Waals surface area contributed by atoms with E-state index in [0.29, 0.717) is 18.4 Å². The molecule has 118 valence electrons. The summed E-state index contributed by atoms with van der Waals surface area (Å²) in [5, 5.41) is 0. The van der Waals surface area contributed by atoms with E-state index >= 15 is 0 Å². The van der Waals surface area contributed by atoms with Gasteiger partial charge < -0.3 is 15.4 Å². The van der Waals surface area contributed by atoms with E-state index in [1.165, 1.54) is 25.7 Å². The molecule has 1 aromatic rings. The molecule has 0 bridgehead atoms. The van der Waals surface area contributed by atoms with Crippen molar-refractivity contribution in [3.05, 3.63) is 23.9 Å². The molecule has 1 saturated heterocycles. The molecular formula is C15H25IN4O. The van der Waals surface area contributed by atoms with E-state index in [-0.39, 0.29) is 24.0 Å². The van der Waals surface area contributed by atoms with Gasteiger partial charge in [0.25, 0.3) is 0 Å². The van der Waals surface area contributed by atoms with Gasteiger partial charge in [0.05, 0.1) is 7.11 Å². The van der Waals surface area contributed by atoms with Crippen LogP contribution < -0.4 is 10.5 Å². The standard InChI is InChI=1S/C15H24N4O.HI/c1-20-14-8-6-7-13(18-14)9-10-17-15(16)19-11-4-2-3-5-12-19;/h6-8H,2-5,9-12H2,1H3,(H2,16,17);1H. The number of halogens is 1. The molecule has 1 aliphatic rings. The van der Waals surface area contributed by atoms with Crippen LogP contribution in [-0.2, 0) is 6.42 Å². The topological polar surface area (TPSA) is 63.7 Å². The summed E-state index contributed by atoms with van der Waals surface area (Å²) in [4.78, 5) is 11.0. The zero-order chi connectivity index (χ0) is 14.2. The first-order chi connectivity index (χ1) is 9.79. The van der Waals surface area contributed by atoms with Crippen LogP contribution in [0, 0.1) is 0 Å². The van der Waals surface area contributed by atoms with Gasteiger partial charge in [0.2, 0.25) is 5.88 Å². The van der Waals surface area contributed by atoms with Gasteiger partial charge in [-0.05, 0) is 18.9 Å². The van der Waals surface area contributed by atoms with Crippen molar-refractivity contribution in [2.45, 2.75) is 32.1 Å². The summed E-state index contributed by atoms with van der Waals surface area (Å²) in [6, 6.07) is 5.78. The molecule has 0 saturated carbocycles. The van der Waals surface area contributed by atoms with Crippen LogP contribution in [0.4, 0.5) is 0 Å². The number of methoxy groups -OCH3 is 1. The SMILES string of the molecule is COc1cccc(CCN=C(N)N2CCCCCC2)n1.I. The van der Waals surface area contributed by atoms with E-state index in [1.807, 2.05) is 18.2 Å². The van der Waals surface area contributed by atoms with Crippen molar-refractivity contribution < 1.29 is 4.74 Å². The first-order valence-corrected chi connectivity index (χ1v) is 7.34. The maximum atomic E-state index is 6.07. The lowest BCUT2D eigenvalue weighted by Gasteiger charge is -2.21. The van der Waals surface area contributed by atoms with Crippen LogP contribution in [0.2, 0.25) is 0 Å². The number of aromatic nitrogens is 1. The monoisotopic (exact) mass is 404 g/mol. The van der Waals surface area contributed by atoms with Gasteiger partial charge in [-0.2, -0.15) is 0 Å². The highest BCUT2D eigenvalue weighted by molar-refractivity contribution is 14.0. The van der Waals surface area contributed by atoms with Crippen LogP contribution in [0.3, 0.4) is 0 Å². The number of aliphatic imine (C=N–C) groups is 1. The van der Waals surface area contributed by atoms with Crippen LogP contribution in [0.1, 0.15) is 31.4 Å². The normalized spacial score (nSPS) is 16.0. The van der Waals surface area contributed by atoms with Gasteiger partial charge >= 0.3 is 0 Å². The number of hydrogen-bond donors (Lipinski definition) is 1. The van der Waals surface area contributed by atoms with E-state index in [9.17, 15) is 0 Å². The summed E-state index contributed by atoms with van der Waals surface area (Å²) >= 11 is 0. The van der Waals surface area contributed by atoms with E-state index in [0.717, 1.165) is 25.2 Å². The molecule has 5 nitrogen and oxygen atoms in total. The smallest absolute Gasteiger partial charge is 0.213 e. The second-order valence-electron chi connectivity index (χ2n) is 5.06. The molecule has 0 aromatic carbocycles. The molecule has 1 aromatic heterocycles. The first-order valence-electron chi connectivity index (χ1n) is 7.34. The Morgan fingerprint density at radius 2 is 2.00 bits per heavy atom. The minimum Gasteiger partial charge on any atom is -0.481 e. The molecule has 0 radical (unpaired) electrons. The second kappa shape index (κ2) is 9.81. The number of nitrogens with two attached hydrogens (primary N) is 1. The zero-order valence-corrected chi connectivity index (χ0v) is 15.0. The number of pyridine rings is 1. The maximum Gasteiger partial charge on any atom is 0.213 e. The summed E-state index contributed by atoms with van der Waals surface area (Å²) in [7, 11) is 1.63. The fourth-order valence-corrected chi connectivity index (χ4v) is 2.40. The number of rotatable bonds is 4. The second-order valence-corrected chi connectivity index (χ2v) is 5.06. The highest BCUT2D eigenvalue weighted by atomic mass is 127. The van der Waals surface area contributed by atoms with Crippen molar-refractivity contribution in [1.29, 1.82) is 0 Å². The molecule has 0 amide bonds. The third-order valence-electron chi connectivity index (χ3n) is 3.56. The third kappa shape index (κ3) is 6.07. The molecule has 0 unspecified atom stereocenters. The minimum atomic E-state index is 0. The lowest BCUT2D eigenvalue weighted by atomic mass is 10.2. The van der Waals surface area contributed by atoms with E-state index < -0.39 is 0 Å². The van der Waals surface area contributed by atoms with Crippen molar-refractivity contribution in [3.63, 3.8) is 0 Å². The zero-order valence-electron chi connectivity index (χ0n) is 12.6. The first kappa shape index (κ1) is 18.0. The highest BCUT2D eigenvalue weighted by Crippen LogP contribution is 2.10. The summed E-state index contributed by atoms with van der Waals surface area (Å²) in [5.74, 6) is 1.32. The average Bonchev–Trinajstić information content (AvgIpc) is 2.76. The largest absolute Gasteiger partial charge is 0.481 e. The van der Waals surface area contributed by atoms with Crippen molar-refractivity contribution >= 4 is 29.9 Å². The quantitative estimate of drug-likeness (QED) is 0.476. The Kier molecular flexibility index (Phi) is 8.41. The van der Waals surface area contributed by atoms with E-state index in [4.69, 9.17) is 10.5 Å². The molecule has 0 aliphatic carbocycles. The molecule has 0 spiro atoms. The summed E-state index contributed by atoms with van der Waals surface area (Å²) in [6.45, 7) is 2.74. The van der Waals surface area contributed by atoms with Crippen LogP contribution in [0.5, 0.6) is 5.88 Å². The number of ether oxygens (including phenoxy) is 1. The Morgan fingerprint density at radius 1 is 1.29 bits per heavy atom. The molecule has 0 atom stereocenters. The molecular weight excluding hydrogens is 379 g/mol. The van der Waals surface area contributed by atoms with Gasteiger partial charge in [-0.3, -0.25) is 4.99 Å².